The first kappa shape index (κ1) is 14.1. The van der Waals surface area contributed by atoms with E-state index in [2.05, 4.69) is 5.32 Å². The lowest BCUT2D eigenvalue weighted by atomic mass is 10.2. The van der Waals surface area contributed by atoms with Crippen molar-refractivity contribution >= 4 is 17.3 Å². The first-order valence-corrected chi connectivity index (χ1v) is 5.81. The van der Waals surface area contributed by atoms with Gasteiger partial charge in [0, 0.05) is 24.8 Å². The SMILES string of the molecule is COc1cc(NCC(O)CN(C)C)ccc1Cl. The van der Waals surface area contributed by atoms with Gasteiger partial charge in [0.05, 0.1) is 18.2 Å². The van der Waals surface area contributed by atoms with Gasteiger partial charge in [-0.25, -0.2) is 0 Å². The van der Waals surface area contributed by atoms with Crippen molar-refractivity contribution in [3.8, 4) is 5.75 Å². The van der Waals surface area contributed by atoms with E-state index < -0.39 is 6.10 Å². The number of benzene rings is 1. The lowest BCUT2D eigenvalue weighted by molar-refractivity contribution is 0.148. The van der Waals surface area contributed by atoms with Gasteiger partial charge < -0.3 is 20.1 Å². The highest BCUT2D eigenvalue weighted by Crippen LogP contribution is 2.27. The Morgan fingerprint density at radius 1 is 1.47 bits per heavy atom. The van der Waals surface area contributed by atoms with E-state index in [0.717, 1.165) is 5.69 Å². The molecule has 96 valence electrons. The van der Waals surface area contributed by atoms with Crippen molar-refractivity contribution in [2.75, 3.05) is 39.6 Å². The molecule has 0 amide bonds. The molecule has 0 radical (unpaired) electrons. The monoisotopic (exact) mass is 258 g/mol. The Bertz CT molecular complexity index is 358. The minimum Gasteiger partial charge on any atom is -0.495 e. The highest BCUT2D eigenvalue weighted by atomic mass is 35.5. The Labute approximate surface area is 107 Å². The Hall–Kier alpha value is -0.970. The molecule has 4 nitrogen and oxygen atoms in total. The molecule has 1 rings (SSSR count). The number of hydrogen-bond acceptors (Lipinski definition) is 4. The zero-order chi connectivity index (χ0) is 12.8. The molecule has 0 fully saturated rings. The predicted molar refractivity (Wildman–Crippen MR) is 71.1 cm³/mol. The quantitative estimate of drug-likeness (QED) is 0.815. The van der Waals surface area contributed by atoms with E-state index in [1.807, 2.05) is 31.1 Å². The van der Waals surface area contributed by atoms with Crippen LogP contribution in [0.15, 0.2) is 18.2 Å². The average Bonchev–Trinajstić information content (AvgIpc) is 2.27. The van der Waals surface area contributed by atoms with Crippen LogP contribution in [0.3, 0.4) is 0 Å². The predicted octanol–water partition coefficient (Wildman–Crippen LogP) is 1.68. The summed E-state index contributed by atoms with van der Waals surface area (Å²) in [5, 5.41) is 13.4. The van der Waals surface area contributed by atoms with Crippen LogP contribution in [0.1, 0.15) is 0 Å². The van der Waals surface area contributed by atoms with Crippen LogP contribution >= 0.6 is 11.6 Å². The van der Waals surface area contributed by atoms with Gasteiger partial charge in [-0.3, -0.25) is 0 Å². The van der Waals surface area contributed by atoms with E-state index in [1.165, 1.54) is 0 Å². The number of rotatable bonds is 6. The van der Waals surface area contributed by atoms with Crippen LogP contribution in [0.4, 0.5) is 5.69 Å². The van der Waals surface area contributed by atoms with Crippen LogP contribution < -0.4 is 10.1 Å². The summed E-state index contributed by atoms with van der Waals surface area (Å²) in [5.74, 6) is 0.624. The van der Waals surface area contributed by atoms with Crippen LogP contribution in [0.5, 0.6) is 5.75 Å². The van der Waals surface area contributed by atoms with Gasteiger partial charge in [-0.15, -0.1) is 0 Å². The largest absolute Gasteiger partial charge is 0.495 e. The zero-order valence-electron chi connectivity index (χ0n) is 10.4. The highest BCUT2D eigenvalue weighted by Gasteiger charge is 2.06. The second kappa shape index (κ2) is 6.69. The molecule has 1 aromatic carbocycles. The van der Waals surface area contributed by atoms with E-state index in [4.69, 9.17) is 16.3 Å². The molecule has 1 atom stereocenters. The highest BCUT2D eigenvalue weighted by molar-refractivity contribution is 6.32. The van der Waals surface area contributed by atoms with Crippen molar-refractivity contribution in [2.45, 2.75) is 6.10 Å². The Morgan fingerprint density at radius 2 is 2.18 bits per heavy atom. The molecule has 0 saturated carbocycles. The number of ether oxygens (including phenoxy) is 1. The molecule has 1 unspecified atom stereocenters. The van der Waals surface area contributed by atoms with Gasteiger partial charge >= 0.3 is 0 Å². The third-order valence-corrected chi connectivity index (χ3v) is 2.58. The van der Waals surface area contributed by atoms with Crippen molar-refractivity contribution in [2.24, 2.45) is 0 Å². The summed E-state index contributed by atoms with van der Waals surface area (Å²) in [6, 6.07) is 5.43. The molecular weight excluding hydrogens is 240 g/mol. The number of methoxy groups -OCH3 is 1. The summed E-state index contributed by atoms with van der Waals surface area (Å²) < 4.78 is 5.11. The van der Waals surface area contributed by atoms with Gasteiger partial charge in [-0.2, -0.15) is 0 Å². The average molecular weight is 259 g/mol. The van der Waals surface area contributed by atoms with Crippen LogP contribution in [0, 0.1) is 0 Å². The van der Waals surface area contributed by atoms with Gasteiger partial charge in [0.1, 0.15) is 5.75 Å². The Kier molecular flexibility index (Phi) is 5.55. The number of nitrogens with one attached hydrogen (secondary N) is 1. The summed E-state index contributed by atoms with van der Waals surface area (Å²) in [4.78, 5) is 1.94. The maximum absolute atomic E-state index is 9.70. The first-order valence-electron chi connectivity index (χ1n) is 5.43. The fourth-order valence-corrected chi connectivity index (χ4v) is 1.69. The van der Waals surface area contributed by atoms with Crippen LogP contribution in [-0.2, 0) is 0 Å². The zero-order valence-corrected chi connectivity index (χ0v) is 11.2. The molecule has 0 aliphatic rings. The molecular formula is C12H19ClN2O2. The van der Waals surface area contributed by atoms with E-state index >= 15 is 0 Å². The molecule has 0 bridgehead atoms. The second-order valence-electron chi connectivity index (χ2n) is 4.15. The van der Waals surface area contributed by atoms with Crippen LogP contribution in [-0.4, -0.2) is 50.4 Å². The Morgan fingerprint density at radius 3 is 2.76 bits per heavy atom. The van der Waals surface area contributed by atoms with Gasteiger partial charge in [0.2, 0.25) is 0 Å². The molecule has 1 aromatic rings. The molecule has 17 heavy (non-hydrogen) atoms. The molecule has 0 aliphatic heterocycles. The molecule has 0 spiro atoms. The minimum atomic E-state index is -0.410. The van der Waals surface area contributed by atoms with Gasteiger partial charge in [0.15, 0.2) is 0 Å². The van der Waals surface area contributed by atoms with E-state index in [-0.39, 0.29) is 0 Å². The summed E-state index contributed by atoms with van der Waals surface area (Å²) in [7, 11) is 5.43. The van der Waals surface area contributed by atoms with Crippen molar-refractivity contribution < 1.29 is 9.84 Å². The van der Waals surface area contributed by atoms with Gasteiger partial charge in [-0.05, 0) is 26.2 Å². The smallest absolute Gasteiger partial charge is 0.139 e. The third kappa shape index (κ3) is 4.81. The number of aliphatic hydroxyl groups is 1. The molecule has 0 aromatic heterocycles. The number of aliphatic hydroxyl groups excluding tert-OH is 1. The Balaban J connectivity index is 2.52. The fourth-order valence-electron chi connectivity index (χ4n) is 1.49. The molecule has 0 saturated heterocycles. The maximum atomic E-state index is 9.70. The normalized spacial score (nSPS) is 12.6. The lowest BCUT2D eigenvalue weighted by Gasteiger charge is -2.17. The topological polar surface area (TPSA) is 44.7 Å². The first-order chi connectivity index (χ1) is 8.02. The van der Waals surface area contributed by atoms with Crippen molar-refractivity contribution in [3.63, 3.8) is 0 Å². The molecule has 0 heterocycles. The summed E-state index contributed by atoms with van der Waals surface area (Å²) >= 11 is 5.92. The van der Waals surface area contributed by atoms with E-state index in [1.54, 1.807) is 13.2 Å². The van der Waals surface area contributed by atoms with Crippen molar-refractivity contribution in [1.82, 2.24) is 4.90 Å². The van der Waals surface area contributed by atoms with Gasteiger partial charge in [0.25, 0.3) is 0 Å². The number of anilines is 1. The fraction of sp³-hybridized carbons (Fsp3) is 0.500. The van der Waals surface area contributed by atoms with Crippen LogP contribution in [0.2, 0.25) is 5.02 Å². The minimum absolute atomic E-state index is 0.410. The molecule has 2 N–H and O–H groups in total. The number of likely N-dealkylation sites (N-methyl/N-ethyl adjacent to an activating group) is 1. The molecule has 0 aliphatic carbocycles. The van der Waals surface area contributed by atoms with E-state index in [0.29, 0.717) is 23.9 Å². The lowest BCUT2D eigenvalue weighted by Crippen LogP contribution is -2.31. The third-order valence-electron chi connectivity index (χ3n) is 2.27. The number of halogens is 1. The number of hydrogen-bond donors (Lipinski definition) is 2. The van der Waals surface area contributed by atoms with Crippen LogP contribution in [0.25, 0.3) is 0 Å². The van der Waals surface area contributed by atoms with Crippen molar-refractivity contribution in [3.05, 3.63) is 23.2 Å². The summed E-state index contributed by atoms with van der Waals surface area (Å²) in [6.07, 6.45) is -0.410. The van der Waals surface area contributed by atoms with Gasteiger partial charge in [-0.1, -0.05) is 11.6 Å². The maximum Gasteiger partial charge on any atom is 0.139 e. The van der Waals surface area contributed by atoms with Crippen molar-refractivity contribution in [1.29, 1.82) is 0 Å². The number of nitrogens with zero attached hydrogens (tertiary/aromatic N) is 1. The standard InChI is InChI=1S/C12H19ClN2O2/c1-15(2)8-10(16)7-14-9-4-5-11(13)12(6-9)17-3/h4-6,10,14,16H,7-8H2,1-3H3. The summed E-state index contributed by atoms with van der Waals surface area (Å²) in [5.41, 5.74) is 0.879. The second-order valence-corrected chi connectivity index (χ2v) is 4.55. The summed E-state index contributed by atoms with van der Waals surface area (Å²) in [6.45, 7) is 1.11. The van der Waals surface area contributed by atoms with E-state index in [9.17, 15) is 5.11 Å². The molecule has 5 heteroatoms.